The summed E-state index contributed by atoms with van der Waals surface area (Å²) in [5, 5.41) is 0.189. The molecule has 0 radical (unpaired) electrons. The van der Waals surface area contributed by atoms with Crippen LogP contribution >= 0.6 is 11.6 Å². The summed E-state index contributed by atoms with van der Waals surface area (Å²) in [4.78, 5) is 3.87. The van der Waals surface area contributed by atoms with Crippen molar-refractivity contribution >= 4 is 30.9 Å². The highest BCUT2D eigenvalue weighted by Crippen LogP contribution is 2.37. The van der Waals surface area contributed by atoms with Crippen LogP contribution in [0.5, 0.6) is 0 Å². The number of nitrogens with zero attached hydrogens (tertiary/aromatic N) is 2. The first-order chi connectivity index (χ1) is 12.9. The van der Waals surface area contributed by atoms with E-state index in [0.29, 0.717) is 11.2 Å². The van der Waals surface area contributed by atoms with Crippen LogP contribution in [0.15, 0.2) is 35.5 Å². The van der Waals surface area contributed by atoms with Crippen molar-refractivity contribution in [2.45, 2.75) is 51.6 Å². The first kappa shape index (κ1) is 21.0. The van der Waals surface area contributed by atoms with Gasteiger partial charge < -0.3 is 13.9 Å². The molecule has 2 aromatic rings. The Morgan fingerprint density at radius 2 is 1.75 bits per heavy atom. The molecule has 1 saturated heterocycles. The zero-order valence-electron chi connectivity index (χ0n) is 16.1. The maximum absolute atomic E-state index is 13.2. The number of rotatable bonds is 4. The van der Waals surface area contributed by atoms with Crippen LogP contribution in [0.25, 0.3) is 5.69 Å². The lowest BCUT2D eigenvalue weighted by Gasteiger charge is -2.32. The van der Waals surface area contributed by atoms with Gasteiger partial charge in [-0.3, -0.25) is 4.99 Å². The van der Waals surface area contributed by atoms with Gasteiger partial charge in [-0.25, -0.2) is 0 Å². The van der Waals surface area contributed by atoms with Gasteiger partial charge in [0.1, 0.15) is 0 Å². The van der Waals surface area contributed by atoms with Crippen molar-refractivity contribution in [3.63, 3.8) is 0 Å². The molecular weight excluding hydrogens is 391 g/mol. The Morgan fingerprint density at radius 3 is 2.29 bits per heavy atom. The Kier molecular flexibility index (Phi) is 5.19. The number of benzene rings is 1. The molecule has 0 unspecified atom stereocenters. The van der Waals surface area contributed by atoms with Gasteiger partial charge in [0.15, 0.2) is 0 Å². The van der Waals surface area contributed by atoms with Crippen LogP contribution < -0.4 is 5.46 Å². The highest BCUT2D eigenvalue weighted by atomic mass is 35.5. The molecular formula is C19H21BClF3N2O2. The van der Waals surface area contributed by atoms with Gasteiger partial charge in [0.05, 0.1) is 34.0 Å². The van der Waals surface area contributed by atoms with E-state index in [9.17, 15) is 13.2 Å². The van der Waals surface area contributed by atoms with Crippen molar-refractivity contribution in [3.8, 4) is 5.69 Å². The summed E-state index contributed by atoms with van der Waals surface area (Å²) in [6.07, 6.45) is -2.80. The number of hydrogen-bond donors (Lipinski definition) is 0. The van der Waals surface area contributed by atoms with Crippen LogP contribution in [0, 0.1) is 0 Å². The van der Waals surface area contributed by atoms with E-state index < -0.39 is 30.1 Å². The minimum atomic E-state index is -4.47. The monoisotopic (exact) mass is 412 g/mol. The van der Waals surface area contributed by atoms with Gasteiger partial charge in [0, 0.05) is 17.4 Å². The first-order valence-corrected chi connectivity index (χ1v) is 9.10. The zero-order chi connectivity index (χ0) is 20.9. The molecule has 150 valence electrons. The molecule has 0 aliphatic carbocycles. The van der Waals surface area contributed by atoms with Crippen molar-refractivity contribution in [1.82, 2.24) is 4.57 Å². The summed E-state index contributed by atoms with van der Waals surface area (Å²) < 4.78 is 53.2. The van der Waals surface area contributed by atoms with Crippen LogP contribution in [0.1, 0.15) is 39.0 Å². The second kappa shape index (κ2) is 6.93. The third-order valence-corrected chi connectivity index (χ3v) is 5.57. The lowest BCUT2D eigenvalue weighted by atomic mass is 9.81. The van der Waals surface area contributed by atoms with Crippen LogP contribution in [0.3, 0.4) is 0 Å². The summed E-state index contributed by atoms with van der Waals surface area (Å²) in [6.45, 7) is 11.4. The van der Waals surface area contributed by atoms with Crippen molar-refractivity contribution < 1.29 is 22.5 Å². The Bertz CT molecular complexity index is 893. The molecule has 9 heteroatoms. The van der Waals surface area contributed by atoms with E-state index in [1.54, 1.807) is 16.8 Å². The third-order valence-electron chi connectivity index (χ3n) is 5.25. The van der Waals surface area contributed by atoms with Gasteiger partial charge in [0.2, 0.25) is 0 Å². The van der Waals surface area contributed by atoms with E-state index in [0.717, 1.165) is 12.1 Å². The van der Waals surface area contributed by atoms with Crippen molar-refractivity contribution in [1.29, 1.82) is 0 Å². The van der Waals surface area contributed by atoms with E-state index in [2.05, 4.69) is 11.7 Å². The average molecular weight is 413 g/mol. The highest BCUT2D eigenvalue weighted by Gasteiger charge is 2.52. The van der Waals surface area contributed by atoms with E-state index >= 15 is 0 Å². The standard InChI is InChI=1S/C19H21BClF3N2O2/c1-17(2)18(3,4)28-20(27-17)13-9-14(10-25-5)26(11-13)16-8-12(19(22,23)24)6-7-15(16)21/h6-9,11H,5,10H2,1-4H3. The van der Waals surface area contributed by atoms with E-state index in [-0.39, 0.29) is 17.3 Å². The SMILES string of the molecule is C=NCc1cc(B2OC(C)(C)C(C)(C)O2)cn1-c1cc(C(F)(F)F)ccc1Cl. The third kappa shape index (κ3) is 3.73. The summed E-state index contributed by atoms with van der Waals surface area (Å²) >= 11 is 6.22. The molecule has 0 N–H and O–H groups in total. The Labute approximate surface area is 167 Å². The van der Waals surface area contributed by atoms with E-state index in [4.69, 9.17) is 20.9 Å². The van der Waals surface area contributed by atoms with Crippen LogP contribution in [-0.2, 0) is 22.0 Å². The molecule has 1 aliphatic rings. The average Bonchev–Trinajstić information content (AvgIpc) is 3.06. The molecule has 0 amide bonds. The summed E-state index contributed by atoms with van der Waals surface area (Å²) in [5.74, 6) is 0. The molecule has 28 heavy (non-hydrogen) atoms. The highest BCUT2D eigenvalue weighted by molar-refractivity contribution is 6.62. The zero-order valence-corrected chi connectivity index (χ0v) is 16.9. The quantitative estimate of drug-likeness (QED) is 0.541. The fraction of sp³-hybridized carbons (Fsp3) is 0.421. The first-order valence-electron chi connectivity index (χ1n) is 8.72. The van der Waals surface area contributed by atoms with E-state index in [1.807, 2.05) is 27.7 Å². The topological polar surface area (TPSA) is 35.8 Å². The number of alkyl halides is 3. The van der Waals surface area contributed by atoms with Crippen LogP contribution in [0.4, 0.5) is 13.2 Å². The van der Waals surface area contributed by atoms with Crippen molar-refractivity contribution in [2.75, 3.05) is 0 Å². The molecule has 4 nitrogen and oxygen atoms in total. The van der Waals surface area contributed by atoms with Crippen LogP contribution in [-0.4, -0.2) is 29.6 Å². The van der Waals surface area contributed by atoms with E-state index in [1.165, 1.54) is 6.07 Å². The molecule has 0 spiro atoms. The molecule has 1 aliphatic heterocycles. The number of halogens is 4. The second-order valence-corrected chi connectivity index (χ2v) is 8.18. The Hall–Kier alpha value is -1.77. The molecule has 0 saturated carbocycles. The number of hydrogen-bond acceptors (Lipinski definition) is 3. The minimum absolute atomic E-state index is 0.189. The predicted molar refractivity (Wildman–Crippen MR) is 105 cm³/mol. The summed E-state index contributed by atoms with van der Waals surface area (Å²) in [7, 11) is -0.653. The molecule has 1 fully saturated rings. The summed E-state index contributed by atoms with van der Waals surface area (Å²) in [6, 6.07) is 4.99. The normalized spacial score (nSPS) is 18.5. The van der Waals surface area contributed by atoms with Gasteiger partial charge >= 0.3 is 13.3 Å². The molecule has 3 rings (SSSR count). The van der Waals surface area contributed by atoms with Crippen LogP contribution in [0.2, 0.25) is 5.02 Å². The molecule has 0 atom stereocenters. The maximum atomic E-state index is 13.2. The van der Waals surface area contributed by atoms with Gasteiger partial charge in [-0.05, 0) is 58.7 Å². The minimum Gasteiger partial charge on any atom is -0.399 e. The largest absolute Gasteiger partial charge is 0.496 e. The molecule has 0 bridgehead atoms. The smallest absolute Gasteiger partial charge is 0.399 e. The number of aliphatic imine (C=N–C) groups is 1. The molecule has 1 aromatic carbocycles. The van der Waals surface area contributed by atoms with Gasteiger partial charge in [-0.15, -0.1) is 0 Å². The summed E-state index contributed by atoms with van der Waals surface area (Å²) in [5.41, 5.74) is -0.352. The lowest BCUT2D eigenvalue weighted by molar-refractivity contribution is -0.137. The fourth-order valence-electron chi connectivity index (χ4n) is 2.97. The lowest BCUT2D eigenvalue weighted by Crippen LogP contribution is -2.41. The fourth-order valence-corrected chi connectivity index (χ4v) is 3.18. The molecule has 2 heterocycles. The molecule has 1 aromatic heterocycles. The Morgan fingerprint density at radius 1 is 1.14 bits per heavy atom. The van der Waals surface area contributed by atoms with Crippen molar-refractivity contribution in [2.24, 2.45) is 4.99 Å². The maximum Gasteiger partial charge on any atom is 0.496 e. The Balaban J connectivity index is 2.07. The van der Waals surface area contributed by atoms with Crippen molar-refractivity contribution in [3.05, 3.63) is 46.7 Å². The van der Waals surface area contributed by atoms with Gasteiger partial charge in [-0.1, -0.05) is 11.6 Å². The van der Waals surface area contributed by atoms with Gasteiger partial charge in [0.25, 0.3) is 0 Å². The predicted octanol–water partition coefficient (Wildman–Crippen LogP) is 4.65. The number of aromatic nitrogens is 1. The second-order valence-electron chi connectivity index (χ2n) is 7.77. The van der Waals surface area contributed by atoms with Gasteiger partial charge in [-0.2, -0.15) is 13.2 Å².